The Bertz CT molecular complexity index is 766. The molecule has 0 radical (unpaired) electrons. The Morgan fingerprint density at radius 2 is 1.69 bits per heavy atom. The van der Waals surface area contributed by atoms with Gasteiger partial charge in [-0.25, -0.2) is 8.42 Å². The maximum absolute atomic E-state index is 12.9. The van der Waals surface area contributed by atoms with Gasteiger partial charge in [-0.3, -0.25) is 4.79 Å². The van der Waals surface area contributed by atoms with Crippen LogP contribution in [-0.2, 0) is 14.8 Å². The normalized spacial score (nSPS) is 24.3. The van der Waals surface area contributed by atoms with E-state index < -0.39 is 10.0 Å². The molecule has 0 bridgehead atoms. The van der Waals surface area contributed by atoms with Gasteiger partial charge in [0.1, 0.15) is 0 Å². The van der Waals surface area contributed by atoms with E-state index in [4.69, 9.17) is 4.74 Å². The van der Waals surface area contributed by atoms with Crippen molar-refractivity contribution in [2.45, 2.75) is 56.6 Å². The molecule has 0 unspecified atom stereocenters. The zero-order valence-corrected chi connectivity index (χ0v) is 18.3. The number of nitrogens with zero attached hydrogens (tertiary/aromatic N) is 2. The maximum Gasteiger partial charge on any atom is 0.251 e. The van der Waals surface area contributed by atoms with Gasteiger partial charge >= 0.3 is 0 Å². The minimum absolute atomic E-state index is 0.136. The number of amides is 1. The third kappa shape index (κ3) is 6.01. The Morgan fingerprint density at radius 1 is 1.07 bits per heavy atom. The van der Waals surface area contributed by atoms with Crippen LogP contribution in [0.3, 0.4) is 0 Å². The number of carbonyl (C=O) groups is 1. The highest BCUT2D eigenvalue weighted by Crippen LogP contribution is 2.21. The molecule has 2 aliphatic heterocycles. The van der Waals surface area contributed by atoms with E-state index in [0.29, 0.717) is 25.2 Å². The van der Waals surface area contributed by atoms with Gasteiger partial charge in [-0.05, 0) is 77.0 Å². The second-order valence-corrected chi connectivity index (χ2v) is 10.1. The molecule has 2 heterocycles. The van der Waals surface area contributed by atoms with Gasteiger partial charge in [0.2, 0.25) is 10.0 Å². The Balaban J connectivity index is 1.51. The summed E-state index contributed by atoms with van der Waals surface area (Å²) in [7, 11) is -3.59. The zero-order valence-electron chi connectivity index (χ0n) is 17.5. The number of piperidine rings is 1. The number of likely N-dealkylation sites (tertiary alicyclic amines) is 1. The van der Waals surface area contributed by atoms with Crippen LogP contribution in [-0.4, -0.2) is 75.0 Å². The summed E-state index contributed by atoms with van der Waals surface area (Å²) in [5, 5.41) is 2.93. The molecule has 2 atom stereocenters. The molecule has 0 aliphatic carbocycles. The number of ether oxygens (including phenoxy) is 1. The lowest BCUT2D eigenvalue weighted by molar-refractivity contribution is -0.0440. The fourth-order valence-electron chi connectivity index (χ4n) is 4.04. The molecule has 2 aliphatic rings. The molecule has 7 nitrogen and oxygen atoms in total. The summed E-state index contributed by atoms with van der Waals surface area (Å²) in [6.07, 6.45) is 4.51. The predicted molar refractivity (Wildman–Crippen MR) is 112 cm³/mol. The molecule has 1 aromatic carbocycles. The first-order valence-corrected chi connectivity index (χ1v) is 12.1. The van der Waals surface area contributed by atoms with E-state index in [1.807, 2.05) is 13.8 Å². The summed E-state index contributed by atoms with van der Waals surface area (Å²) in [5.41, 5.74) is 0.477. The van der Waals surface area contributed by atoms with E-state index in [9.17, 15) is 13.2 Å². The Kier molecular flexibility index (Phi) is 7.67. The van der Waals surface area contributed by atoms with Crippen molar-refractivity contribution in [3.63, 3.8) is 0 Å². The molecule has 0 saturated carbocycles. The third-order valence-corrected chi connectivity index (χ3v) is 7.37. The van der Waals surface area contributed by atoms with Crippen molar-refractivity contribution in [3.8, 4) is 0 Å². The average Bonchev–Trinajstić information content (AvgIpc) is 2.71. The van der Waals surface area contributed by atoms with E-state index in [1.165, 1.54) is 35.7 Å². The standard InChI is InChI=1S/C21H33N3O4S/c1-17-15-24(16-18(2)28-17)29(26,27)20-9-7-19(8-10-20)21(25)22-11-6-14-23-12-4-3-5-13-23/h7-10,17-18H,3-6,11-16H2,1-2H3,(H,22,25)/t17-,18-/m0/s1. The summed E-state index contributed by atoms with van der Waals surface area (Å²) in [6, 6.07) is 6.20. The highest BCUT2D eigenvalue weighted by Gasteiger charge is 2.32. The lowest BCUT2D eigenvalue weighted by Crippen LogP contribution is -2.48. The largest absolute Gasteiger partial charge is 0.373 e. The van der Waals surface area contributed by atoms with E-state index >= 15 is 0 Å². The van der Waals surface area contributed by atoms with Crippen LogP contribution in [0.2, 0.25) is 0 Å². The van der Waals surface area contributed by atoms with E-state index in [0.717, 1.165) is 26.1 Å². The Hall–Kier alpha value is -1.48. The van der Waals surface area contributed by atoms with Gasteiger partial charge < -0.3 is 15.0 Å². The summed E-state index contributed by atoms with van der Waals surface area (Å²) >= 11 is 0. The topological polar surface area (TPSA) is 79.0 Å². The van der Waals surface area contributed by atoms with E-state index in [1.54, 1.807) is 12.1 Å². The minimum atomic E-state index is -3.59. The summed E-state index contributed by atoms with van der Waals surface area (Å²) in [4.78, 5) is 15.0. The van der Waals surface area contributed by atoms with Gasteiger partial charge in [0.25, 0.3) is 5.91 Å². The highest BCUT2D eigenvalue weighted by molar-refractivity contribution is 7.89. The van der Waals surface area contributed by atoms with Crippen LogP contribution in [0.1, 0.15) is 49.9 Å². The summed E-state index contributed by atoms with van der Waals surface area (Å²) < 4.78 is 32.9. The summed E-state index contributed by atoms with van der Waals surface area (Å²) in [6.45, 7) is 8.37. The first-order chi connectivity index (χ1) is 13.9. The number of hydrogen-bond donors (Lipinski definition) is 1. The van der Waals surface area contributed by atoms with Gasteiger partial charge in [0, 0.05) is 25.2 Å². The number of rotatable bonds is 7. The lowest BCUT2D eigenvalue weighted by Gasteiger charge is -2.34. The zero-order chi connectivity index (χ0) is 20.9. The van der Waals surface area contributed by atoms with Gasteiger partial charge in [0.15, 0.2) is 0 Å². The smallest absolute Gasteiger partial charge is 0.251 e. The van der Waals surface area contributed by atoms with Gasteiger partial charge in [0.05, 0.1) is 17.1 Å². The number of sulfonamides is 1. The molecule has 162 valence electrons. The van der Waals surface area contributed by atoms with Crippen LogP contribution in [0.15, 0.2) is 29.2 Å². The molecule has 29 heavy (non-hydrogen) atoms. The molecule has 2 fully saturated rings. The molecule has 0 aromatic heterocycles. The van der Waals surface area contributed by atoms with Crippen LogP contribution in [0, 0.1) is 0 Å². The molecule has 3 rings (SSSR count). The van der Waals surface area contributed by atoms with Crippen molar-refractivity contribution in [1.82, 2.24) is 14.5 Å². The van der Waals surface area contributed by atoms with Crippen molar-refractivity contribution in [2.75, 3.05) is 39.3 Å². The van der Waals surface area contributed by atoms with Crippen molar-refractivity contribution in [3.05, 3.63) is 29.8 Å². The second-order valence-electron chi connectivity index (χ2n) is 8.12. The number of carbonyl (C=O) groups excluding carboxylic acids is 1. The van der Waals surface area contributed by atoms with Crippen LogP contribution >= 0.6 is 0 Å². The monoisotopic (exact) mass is 423 g/mol. The fourth-order valence-corrected chi connectivity index (χ4v) is 5.63. The number of nitrogens with one attached hydrogen (secondary N) is 1. The predicted octanol–water partition coefficient (Wildman–Crippen LogP) is 2.09. The number of hydrogen-bond acceptors (Lipinski definition) is 5. The SMILES string of the molecule is C[C@H]1CN(S(=O)(=O)c2ccc(C(=O)NCCCN3CCCCC3)cc2)C[C@H](C)O1. The van der Waals surface area contributed by atoms with E-state index in [2.05, 4.69) is 10.2 Å². The molecular weight excluding hydrogens is 390 g/mol. The molecule has 8 heteroatoms. The van der Waals surface area contributed by atoms with E-state index in [-0.39, 0.29) is 23.0 Å². The Labute approximate surface area is 174 Å². The second kappa shape index (κ2) is 10.0. The summed E-state index contributed by atoms with van der Waals surface area (Å²) in [5.74, 6) is -0.166. The maximum atomic E-state index is 12.9. The molecule has 1 aromatic rings. The molecule has 1 N–H and O–H groups in total. The van der Waals surface area contributed by atoms with Crippen LogP contribution in [0.4, 0.5) is 0 Å². The number of morpholine rings is 1. The van der Waals surface area contributed by atoms with Crippen molar-refractivity contribution in [2.24, 2.45) is 0 Å². The first-order valence-electron chi connectivity index (χ1n) is 10.6. The van der Waals surface area contributed by atoms with Crippen LogP contribution < -0.4 is 5.32 Å². The Morgan fingerprint density at radius 3 is 2.31 bits per heavy atom. The molecule has 1 amide bonds. The highest BCUT2D eigenvalue weighted by atomic mass is 32.2. The molecule has 2 saturated heterocycles. The lowest BCUT2D eigenvalue weighted by atomic mass is 10.1. The fraction of sp³-hybridized carbons (Fsp3) is 0.667. The van der Waals surface area contributed by atoms with Crippen LogP contribution in [0.5, 0.6) is 0 Å². The average molecular weight is 424 g/mol. The first kappa shape index (κ1) is 22.2. The van der Waals surface area contributed by atoms with Gasteiger partial charge in [-0.2, -0.15) is 4.31 Å². The minimum Gasteiger partial charge on any atom is -0.373 e. The molecular formula is C21H33N3O4S. The number of benzene rings is 1. The molecule has 0 spiro atoms. The van der Waals surface area contributed by atoms with Gasteiger partial charge in [-0.1, -0.05) is 6.42 Å². The van der Waals surface area contributed by atoms with Crippen molar-refractivity contribution >= 4 is 15.9 Å². The van der Waals surface area contributed by atoms with Crippen molar-refractivity contribution < 1.29 is 17.9 Å². The quantitative estimate of drug-likeness (QED) is 0.680. The van der Waals surface area contributed by atoms with Crippen LogP contribution in [0.25, 0.3) is 0 Å². The van der Waals surface area contributed by atoms with Gasteiger partial charge in [-0.15, -0.1) is 0 Å². The third-order valence-electron chi connectivity index (χ3n) is 5.53. The van der Waals surface area contributed by atoms with Crippen molar-refractivity contribution in [1.29, 1.82) is 0 Å².